The smallest absolute Gasteiger partial charge is 0.281 e. The highest BCUT2D eigenvalue weighted by Gasteiger charge is 2.49. The highest BCUT2D eigenvalue weighted by atomic mass is 19.4. The minimum Gasteiger partial charge on any atom is -0.281 e. The third-order valence-corrected chi connectivity index (χ3v) is 3.08. The maximum Gasteiger partial charge on any atom is 0.437 e. The summed E-state index contributed by atoms with van der Waals surface area (Å²) >= 11 is 0. The van der Waals surface area contributed by atoms with E-state index in [0.717, 1.165) is 10.1 Å². The van der Waals surface area contributed by atoms with E-state index in [-0.39, 0.29) is 17.5 Å². The molecule has 1 aliphatic rings. The average molecular weight is 241 g/mol. The van der Waals surface area contributed by atoms with Crippen LogP contribution < -0.4 is 0 Å². The molecular weight excluding hydrogens is 227 g/mol. The number of hydrogen-bond donors (Lipinski definition) is 0. The number of hydrogen-bond acceptors (Lipinski definition) is 0. The van der Waals surface area contributed by atoms with Crippen LogP contribution in [-0.4, -0.2) is 24.0 Å². The molecule has 92 valence electrons. The lowest BCUT2D eigenvalue weighted by atomic mass is 9.76. The van der Waals surface area contributed by atoms with Crippen molar-refractivity contribution in [2.45, 2.75) is 25.4 Å². The third kappa shape index (κ3) is 1.92. The molecule has 0 spiro atoms. The quantitative estimate of drug-likeness (QED) is 0.485. The predicted molar refractivity (Wildman–Crippen MR) is 60.1 cm³/mol. The summed E-state index contributed by atoms with van der Waals surface area (Å²) in [6.07, 6.45) is -4.37. The van der Waals surface area contributed by atoms with Crippen molar-refractivity contribution in [2.75, 3.05) is 6.54 Å². The van der Waals surface area contributed by atoms with Gasteiger partial charge in [0.25, 0.3) is 0 Å². The van der Waals surface area contributed by atoms with Gasteiger partial charge in [0.1, 0.15) is 6.54 Å². The van der Waals surface area contributed by atoms with Crippen molar-refractivity contribution in [3.63, 3.8) is 0 Å². The van der Waals surface area contributed by atoms with Crippen LogP contribution in [0.25, 0.3) is 0 Å². The zero-order valence-corrected chi connectivity index (χ0v) is 9.80. The molecule has 1 aliphatic heterocycles. The summed E-state index contributed by atoms with van der Waals surface area (Å²) in [6.45, 7) is 7.63. The number of rotatable bonds is 0. The van der Waals surface area contributed by atoms with Gasteiger partial charge in [-0.2, -0.15) is 13.2 Å². The molecule has 0 atom stereocenters. The molecule has 1 aromatic carbocycles. The molecule has 0 radical (unpaired) electrons. The molecule has 0 unspecified atom stereocenters. The molecule has 2 rings (SSSR count). The molecule has 1 aromatic rings. The van der Waals surface area contributed by atoms with Crippen molar-refractivity contribution in [1.82, 2.24) is 0 Å². The van der Waals surface area contributed by atoms with Crippen LogP contribution in [-0.2, 0) is 5.41 Å². The number of halogens is 3. The van der Waals surface area contributed by atoms with Gasteiger partial charge in [-0.25, -0.2) is 0 Å². The standard InChI is InChI=1S/C13H14F3N/c1-12(2)8-17(3)11(13(14,15)16)9-6-4-5-7-10(9)12/h4-7H,3,8H2,1-2H3. The van der Waals surface area contributed by atoms with Crippen LogP contribution in [0.5, 0.6) is 0 Å². The van der Waals surface area contributed by atoms with Gasteiger partial charge in [-0.3, -0.25) is 4.58 Å². The number of nitrogens with zero attached hydrogens (tertiary/aromatic N) is 1. The summed E-state index contributed by atoms with van der Waals surface area (Å²) in [7, 11) is 0. The van der Waals surface area contributed by atoms with Crippen LogP contribution in [0.4, 0.5) is 13.2 Å². The summed E-state index contributed by atoms with van der Waals surface area (Å²) in [5, 5.41) is 0. The monoisotopic (exact) mass is 241 g/mol. The van der Waals surface area contributed by atoms with Crippen LogP contribution in [0.2, 0.25) is 0 Å². The first kappa shape index (κ1) is 12.0. The summed E-state index contributed by atoms with van der Waals surface area (Å²) in [4.78, 5) is 0. The molecular formula is C13H14F3N. The Kier molecular flexibility index (Phi) is 2.49. The van der Waals surface area contributed by atoms with Crippen molar-refractivity contribution in [3.8, 4) is 0 Å². The van der Waals surface area contributed by atoms with Crippen LogP contribution in [0.1, 0.15) is 25.0 Å². The summed E-state index contributed by atoms with van der Waals surface area (Å²) in [6, 6.07) is 6.02. The van der Waals surface area contributed by atoms with E-state index in [0.29, 0.717) is 0 Å². The number of alkyl halides is 3. The number of benzene rings is 1. The molecule has 0 fully saturated rings. The molecule has 0 aliphatic carbocycles. The maximum absolute atomic E-state index is 13.0. The molecule has 0 N–H and O–H groups in total. The lowest BCUT2D eigenvalue weighted by Gasteiger charge is -2.39. The second kappa shape index (κ2) is 3.52. The van der Waals surface area contributed by atoms with E-state index in [1.54, 1.807) is 18.2 Å². The lowest BCUT2D eigenvalue weighted by molar-refractivity contribution is -0.542. The molecule has 4 heteroatoms. The Hall–Kier alpha value is -1.45. The Balaban J connectivity index is 2.63. The van der Waals surface area contributed by atoms with Gasteiger partial charge in [0, 0.05) is 5.41 Å². The van der Waals surface area contributed by atoms with Gasteiger partial charge in [-0.15, -0.1) is 23.8 Å². The number of fused-ring (bicyclic) bond motifs is 1. The highest BCUT2D eigenvalue weighted by molar-refractivity contribution is 5.44. The first-order chi connectivity index (χ1) is 7.73. The minimum absolute atomic E-state index is 0.242. The molecule has 17 heavy (non-hydrogen) atoms. The summed E-state index contributed by atoms with van der Waals surface area (Å²) < 4.78 is 40.1. The molecule has 1 heterocycles. The third-order valence-electron chi connectivity index (χ3n) is 3.08. The van der Waals surface area contributed by atoms with E-state index in [2.05, 4.69) is 6.72 Å². The SMILES string of the molecule is C=[N+]1CC(C)(C)c2ccccc2[C-]1C(F)(F)F. The van der Waals surface area contributed by atoms with E-state index in [1.807, 2.05) is 13.8 Å². The fourth-order valence-electron chi connectivity index (χ4n) is 2.42. The Morgan fingerprint density at radius 1 is 1.29 bits per heavy atom. The molecule has 0 bridgehead atoms. The second-order valence-corrected chi connectivity index (χ2v) is 4.97. The zero-order chi connectivity index (χ0) is 12.8. The van der Waals surface area contributed by atoms with Crippen molar-refractivity contribution in [1.29, 1.82) is 0 Å². The van der Waals surface area contributed by atoms with Gasteiger partial charge in [0.05, 0.1) is 6.72 Å². The first-order valence-corrected chi connectivity index (χ1v) is 5.35. The second-order valence-electron chi connectivity index (χ2n) is 4.97. The van der Waals surface area contributed by atoms with Crippen molar-refractivity contribution < 1.29 is 17.7 Å². The molecule has 0 saturated heterocycles. The van der Waals surface area contributed by atoms with E-state index in [9.17, 15) is 13.2 Å². The Morgan fingerprint density at radius 3 is 2.47 bits per heavy atom. The van der Waals surface area contributed by atoms with E-state index >= 15 is 0 Å². The van der Waals surface area contributed by atoms with Gasteiger partial charge in [0.2, 0.25) is 6.04 Å². The van der Waals surface area contributed by atoms with Gasteiger partial charge < -0.3 is 0 Å². The summed E-state index contributed by atoms with van der Waals surface area (Å²) in [5.41, 5.74) is 0.645. The summed E-state index contributed by atoms with van der Waals surface area (Å²) in [5.74, 6) is 0. The Labute approximate surface area is 98.6 Å². The van der Waals surface area contributed by atoms with Crippen LogP contribution >= 0.6 is 0 Å². The van der Waals surface area contributed by atoms with Gasteiger partial charge >= 0.3 is 6.18 Å². The van der Waals surface area contributed by atoms with E-state index in [1.165, 1.54) is 6.07 Å². The van der Waals surface area contributed by atoms with Crippen molar-refractivity contribution in [2.24, 2.45) is 0 Å². The topological polar surface area (TPSA) is 3.01 Å². The largest absolute Gasteiger partial charge is 0.437 e. The predicted octanol–water partition coefficient (Wildman–Crippen LogP) is 3.13. The highest BCUT2D eigenvalue weighted by Crippen LogP contribution is 2.43. The molecule has 0 amide bonds. The Bertz CT molecular complexity index is 460. The fourth-order valence-corrected chi connectivity index (χ4v) is 2.42. The van der Waals surface area contributed by atoms with Crippen molar-refractivity contribution in [3.05, 3.63) is 41.4 Å². The van der Waals surface area contributed by atoms with Crippen molar-refractivity contribution >= 4 is 6.72 Å². The molecule has 0 aromatic heterocycles. The first-order valence-electron chi connectivity index (χ1n) is 5.35. The normalized spacial score (nSPS) is 19.1. The van der Waals surface area contributed by atoms with E-state index < -0.39 is 12.2 Å². The minimum atomic E-state index is -4.37. The van der Waals surface area contributed by atoms with Gasteiger partial charge in [0.15, 0.2) is 0 Å². The van der Waals surface area contributed by atoms with E-state index in [4.69, 9.17) is 0 Å². The maximum atomic E-state index is 13.0. The Morgan fingerprint density at radius 2 is 1.88 bits per heavy atom. The molecule has 0 saturated carbocycles. The zero-order valence-electron chi connectivity index (χ0n) is 9.80. The fraction of sp³-hybridized carbons (Fsp3) is 0.385. The average Bonchev–Trinajstić information content (AvgIpc) is 2.14. The van der Waals surface area contributed by atoms with Crippen LogP contribution in [0.3, 0.4) is 0 Å². The van der Waals surface area contributed by atoms with Gasteiger partial charge in [-0.1, -0.05) is 25.5 Å². The van der Waals surface area contributed by atoms with Crippen LogP contribution in [0, 0.1) is 6.04 Å². The lowest BCUT2D eigenvalue weighted by Crippen LogP contribution is -2.45. The molecule has 1 nitrogen and oxygen atoms in total. The van der Waals surface area contributed by atoms with Gasteiger partial charge in [-0.05, 0) is 0 Å². The van der Waals surface area contributed by atoms with Crippen LogP contribution in [0.15, 0.2) is 24.3 Å².